The van der Waals surface area contributed by atoms with Crippen molar-refractivity contribution in [3.63, 3.8) is 0 Å². The van der Waals surface area contributed by atoms with Gasteiger partial charge >= 0.3 is 0 Å². The number of aromatic nitrogens is 2. The van der Waals surface area contributed by atoms with Crippen LogP contribution in [-0.2, 0) is 6.54 Å². The fraction of sp³-hybridized carbons (Fsp3) is 0.0833. The number of non-ortho nitro benzene ring substituents is 2. The zero-order chi connectivity index (χ0) is 18.0. The van der Waals surface area contributed by atoms with E-state index < -0.39 is 33.0 Å². The van der Waals surface area contributed by atoms with Crippen molar-refractivity contribution in [2.24, 2.45) is 11.5 Å². The fourth-order valence-corrected chi connectivity index (χ4v) is 2.10. The van der Waals surface area contributed by atoms with Crippen LogP contribution < -0.4 is 11.5 Å². The zero-order valence-electron chi connectivity index (χ0n) is 11.9. The van der Waals surface area contributed by atoms with E-state index in [0.29, 0.717) is 0 Å². The molecule has 0 aliphatic rings. The van der Waals surface area contributed by atoms with Crippen LogP contribution in [0, 0.1) is 20.2 Å². The van der Waals surface area contributed by atoms with E-state index in [1.807, 2.05) is 0 Å². The van der Waals surface area contributed by atoms with E-state index in [-0.39, 0.29) is 23.5 Å². The predicted octanol–water partition coefficient (Wildman–Crippen LogP) is -0.0544. The molecule has 12 heteroatoms. The lowest BCUT2D eigenvalue weighted by molar-refractivity contribution is -0.394. The Labute approximate surface area is 133 Å². The zero-order valence-corrected chi connectivity index (χ0v) is 11.9. The summed E-state index contributed by atoms with van der Waals surface area (Å²) in [5.41, 5.74) is 8.78. The highest BCUT2D eigenvalue weighted by atomic mass is 16.6. The molecule has 0 saturated carbocycles. The first-order valence-electron chi connectivity index (χ1n) is 6.28. The maximum Gasteiger partial charge on any atom is 0.276 e. The average Bonchev–Trinajstić information content (AvgIpc) is 2.90. The van der Waals surface area contributed by atoms with Crippen molar-refractivity contribution in [3.05, 3.63) is 61.7 Å². The Balaban J connectivity index is 2.52. The number of nitrogens with two attached hydrogens (primary N) is 2. The molecule has 0 atom stereocenters. The molecule has 1 heterocycles. The SMILES string of the molecule is NC(=O)c1ncn(Cc2cc([N+](=O)[O-])cc([N+](=O)[O-])c2)c1C(N)=O. The fourth-order valence-electron chi connectivity index (χ4n) is 2.10. The van der Waals surface area contributed by atoms with Gasteiger partial charge in [0.25, 0.3) is 23.2 Å². The Morgan fingerprint density at radius 3 is 2.00 bits per heavy atom. The van der Waals surface area contributed by atoms with E-state index in [9.17, 15) is 29.8 Å². The van der Waals surface area contributed by atoms with Gasteiger partial charge in [-0.2, -0.15) is 0 Å². The molecule has 0 aliphatic heterocycles. The van der Waals surface area contributed by atoms with Crippen LogP contribution in [0.4, 0.5) is 11.4 Å². The lowest BCUT2D eigenvalue weighted by atomic mass is 10.1. The molecule has 0 radical (unpaired) electrons. The van der Waals surface area contributed by atoms with Crippen LogP contribution in [-0.4, -0.2) is 31.2 Å². The Bertz CT molecular complexity index is 841. The highest BCUT2D eigenvalue weighted by Crippen LogP contribution is 2.23. The molecule has 24 heavy (non-hydrogen) atoms. The van der Waals surface area contributed by atoms with Crippen molar-refractivity contribution in [1.29, 1.82) is 0 Å². The van der Waals surface area contributed by atoms with Gasteiger partial charge in [-0.3, -0.25) is 29.8 Å². The summed E-state index contributed by atoms with van der Waals surface area (Å²) in [5, 5.41) is 21.8. The summed E-state index contributed by atoms with van der Waals surface area (Å²) in [5.74, 6) is -1.96. The summed E-state index contributed by atoms with van der Waals surface area (Å²) in [6.45, 7) is -0.207. The third kappa shape index (κ3) is 3.16. The number of nitro groups is 2. The first kappa shape index (κ1) is 16.5. The minimum atomic E-state index is -0.985. The lowest BCUT2D eigenvalue weighted by Gasteiger charge is -2.07. The summed E-state index contributed by atoms with van der Waals surface area (Å²) < 4.78 is 1.13. The maximum absolute atomic E-state index is 11.5. The minimum Gasteiger partial charge on any atom is -0.364 e. The molecule has 2 rings (SSSR count). The molecule has 4 N–H and O–H groups in total. The van der Waals surface area contributed by atoms with Gasteiger partial charge in [0.2, 0.25) is 0 Å². The third-order valence-corrected chi connectivity index (χ3v) is 3.04. The molecule has 12 nitrogen and oxygen atoms in total. The second-order valence-electron chi connectivity index (χ2n) is 4.67. The largest absolute Gasteiger partial charge is 0.364 e. The van der Waals surface area contributed by atoms with Crippen molar-refractivity contribution >= 4 is 23.2 Å². The quantitative estimate of drug-likeness (QED) is 0.546. The smallest absolute Gasteiger partial charge is 0.276 e. The highest BCUT2D eigenvalue weighted by molar-refractivity contribution is 6.03. The Hall–Kier alpha value is -3.83. The molecule has 0 saturated heterocycles. The summed E-state index contributed by atoms with van der Waals surface area (Å²) in [6.07, 6.45) is 1.09. The average molecular weight is 334 g/mol. The number of primary amides is 2. The van der Waals surface area contributed by atoms with Crippen LogP contribution in [0.15, 0.2) is 24.5 Å². The van der Waals surface area contributed by atoms with Gasteiger partial charge in [-0.05, 0) is 5.56 Å². The summed E-state index contributed by atoms with van der Waals surface area (Å²) in [4.78, 5) is 46.6. The second kappa shape index (κ2) is 6.12. The van der Waals surface area contributed by atoms with Crippen molar-refractivity contribution in [1.82, 2.24) is 9.55 Å². The summed E-state index contributed by atoms with van der Waals surface area (Å²) in [6, 6.07) is 3.00. The van der Waals surface area contributed by atoms with Gasteiger partial charge in [0.1, 0.15) is 5.69 Å². The number of hydrogen-bond donors (Lipinski definition) is 2. The van der Waals surface area contributed by atoms with Crippen molar-refractivity contribution in [3.8, 4) is 0 Å². The van der Waals surface area contributed by atoms with Crippen molar-refractivity contribution < 1.29 is 19.4 Å². The molecule has 1 aromatic heterocycles. The number of hydrogen-bond acceptors (Lipinski definition) is 7. The normalized spacial score (nSPS) is 10.3. The van der Waals surface area contributed by atoms with Gasteiger partial charge in [-0.25, -0.2) is 4.98 Å². The predicted molar refractivity (Wildman–Crippen MR) is 78.1 cm³/mol. The standard InChI is InChI=1S/C12H10N6O6/c13-11(19)9-10(12(14)20)16(5-15-9)4-6-1-7(17(21)22)3-8(2-6)18(23)24/h1-3,5H,4H2,(H2,13,19)(H2,14,20). The van der Waals surface area contributed by atoms with Gasteiger partial charge in [0, 0.05) is 18.7 Å². The van der Waals surface area contributed by atoms with E-state index in [0.717, 1.165) is 29.1 Å². The van der Waals surface area contributed by atoms with Gasteiger partial charge in [-0.1, -0.05) is 0 Å². The third-order valence-electron chi connectivity index (χ3n) is 3.04. The molecule has 0 spiro atoms. The topological polar surface area (TPSA) is 190 Å². The molecule has 2 aromatic rings. The van der Waals surface area contributed by atoms with Gasteiger partial charge in [-0.15, -0.1) is 0 Å². The van der Waals surface area contributed by atoms with Gasteiger partial charge in [0.05, 0.1) is 22.2 Å². The molecule has 0 bridgehead atoms. The Morgan fingerprint density at radius 2 is 1.58 bits per heavy atom. The number of nitro benzene ring substituents is 2. The number of imidazole rings is 1. The highest BCUT2D eigenvalue weighted by Gasteiger charge is 2.22. The van der Waals surface area contributed by atoms with Crippen LogP contribution in [0.1, 0.15) is 26.5 Å². The number of carbonyl (C=O) groups is 2. The molecule has 0 aliphatic carbocycles. The molecular formula is C12H10N6O6. The van der Waals surface area contributed by atoms with E-state index in [1.54, 1.807) is 0 Å². The molecular weight excluding hydrogens is 324 g/mol. The first-order valence-corrected chi connectivity index (χ1v) is 6.28. The van der Waals surface area contributed by atoms with E-state index in [4.69, 9.17) is 11.5 Å². The molecule has 0 fully saturated rings. The number of nitrogens with zero attached hydrogens (tertiary/aromatic N) is 4. The van der Waals surface area contributed by atoms with Crippen LogP contribution >= 0.6 is 0 Å². The Morgan fingerprint density at radius 1 is 1.04 bits per heavy atom. The van der Waals surface area contributed by atoms with E-state index in [2.05, 4.69) is 4.98 Å². The van der Waals surface area contributed by atoms with Gasteiger partial charge in [0.15, 0.2) is 5.69 Å². The number of rotatable bonds is 6. The number of carbonyl (C=O) groups excluding carboxylic acids is 2. The molecule has 0 unspecified atom stereocenters. The second-order valence-corrected chi connectivity index (χ2v) is 4.67. The van der Waals surface area contributed by atoms with Crippen molar-refractivity contribution in [2.75, 3.05) is 0 Å². The number of benzene rings is 1. The number of amides is 2. The van der Waals surface area contributed by atoms with Crippen LogP contribution in [0.2, 0.25) is 0 Å². The van der Waals surface area contributed by atoms with Gasteiger partial charge < -0.3 is 16.0 Å². The first-order chi connectivity index (χ1) is 11.2. The Kier molecular flexibility index (Phi) is 4.21. The van der Waals surface area contributed by atoms with Crippen molar-refractivity contribution in [2.45, 2.75) is 6.54 Å². The minimum absolute atomic E-state index is 0.145. The monoisotopic (exact) mass is 334 g/mol. The summed E-state index contributed by atoms with van der Waals surface area (Å²) >= 11 is 0. The summed E-state index contributed by atoms with van der Waals surface area (Å²) in [7, 11) is 0. The molecule has 124 valence electrons. The molecule has 1 aromatic carbocycles. The maximum atomic E-state index is 11.5. The lowest BCUT2D eigenvalue weighted by Crippen LogP contribution is -2.23. The van der Waals surface area contributed by atoms with Crippen LogP contribution in [0.5, 0.6) is 0 Å². The molecule has 2 amide bonds. The van der Waals surface area contributed by atoms with E-state index >= 15 is 0 Å². The van der Waals surface area contributed by atoms with Crippen LogP contribution in [0.25, 0.3) is 0 Å². The van der Waals surface area contributed by atoms with Crippen LogP contribution in [0.3, 0.4) is 0 Å². The van der Waals surface area contributed by atoms with E-state index in [1.165, 1.54) is 0 Å².